The minimum atomic E-state index is 0.140. The lowest BCUT2D eigenvalue weighted by atomic mass is 10.2. The van der Waals surface area contributed by atoms with Crippen LogP contribution in [0.25, 0.3) is 0 Å². The van der Waals surface area contributed by atoms with Gasteiger partial charge in [0.25, 0.3) is 0 Å². The topological polar surface area (TPSA) is 35.2 Å². The second kappa shape index (κ2) is 5.00. The predicted molar refractivity (Wildman–Crippen MR) is 54.5 cm³/mol. The molecule has 0 fully saturated rings. The average molecular weight is 179 g/mol. The zero-order valence-electron chi connectivity index (χ0n) is 8.29. The molecular weight excluding hydrogens is 162 g/mol. The fraction of sp³-hybridized carbons (Fsp3) is 0.455. The summed E-state index contributed by atoms with van der Waals surface area (Å²) in [7, 11) is 0. The molecule has 0 aliphatic carbocycles. The van der Waals surface area contributed by atoms with Crippen LogP contribution in [0, 0.1) is 6.92 Å². The summed E-state index contributed by atoms with van der Waals surface area (Å²) in [5.41, 5.74) is 7.91. The minimum Gasteiger partial charge on any atom is -0.373 e. The number of ether oxygens (including phenoxy) is 1. The largest absolute Gasteiger partial charge is 0.373 e. The van der Waals surface area contributed by atoms with Crippen molar-refractivity contribution in [3.63, 3.8) is 0 Å². The number of aryl methyl sites for hydroxylation is 1. The van der Waals surface area contributed by atoms with Crippen LogP contribution in [0.15, 0.2) is 24.3 Å². The average Bonchev–Trinajstić information content (AvgIpc) is 2.16. The maximum atomic E-state index is 5.49. The Hall–Kier alpha value is -0.860. The van der Waals surface area contributed by atoms with E-state index in [1.165, 1.54) is 11.1 Å². The highest BCUT2D eigenvalue weighted by molar-refractivity contribution is 5.20. The molecular formula is C11H17NO. The highest BCUT2D eigenvalue weighted by Gasteiger charge is 1.98. The lowest BCUT2D eigenvalue weighted by Gasteiger charge is -2.10. The Morgan fingerprint density at radius 2 is 1.92 bits per heavy atom. The van der Waals surface area contributed by atoms with E-state index in [-0.39, 0.29) is 6.10 Å². The maximum Gasteiger partial charge on any atom is 0.0721 e. The molecule has 0 saturated heterocycles. The first-order valence-corrected chi connectivity index (χ1v) is 4.59. The van der Waals surface area contributed by atoms with Gasteiger partial charge in [0.2, 0.25) is 0 Å². The third-order valence-corrected chi connectivity index (χ3v) is 1.99. The molecule has 0 spiro atoms. The molecule has 0 amide bonds. The Bertz CT molecular complexity index is 243. The highest BCUT2D eigenvalue weighted by atomic mass is 16.5. The molecule has 13 heavy (non-hydrogen) atoms. The summed E-state index contributed by atoms with van der Waals surface area (Å²) in [6.07, 6.45) is 0.140. The number of rotatable bonds is 4. The molecule has 0 saturated carbocycles. The van der Waals surface area contributed by atoms with Crippen molar-refractivity contribution in [2.75, 3.05) is 6.54 Å². The molecule has 0 aromatic heterocycles. The van der Waals surface area contributed by atoms with Gasteiger partial charge in [-0.15, -0.1) is 0 Å². The normalized spacial score (nSPS) is 12.8. The van der Waals surface area contributed by atoms with Crippen LogP contribution in [-0.2, 0) is 11.3 Å². The smallest absolute Gasteiger partial charge is 0.0721 e. The first kappa shape index (κ1) is 10.2. The Labute approximate surface area is 79.7 Å². The van der Waals surface area contributed by atoms with Gasteiger partial charge in [0, 0.05) is 6.54 Å². The first-order chi connectivity index (χ1) is 6.22. The van der Waals surface area contributed by atoms with Crippen LogP contribution in [0.5, 0.6) is 0 Å². The number of benzene rings is 1. The maximum absolute atomic E-state index is 5.49. The van der Waals surface area contributed by atoms with E-state index < -0.39 is 0 Å². The van der Waals surface area contributed by atoms with Crippen molar-refractivity contribution in [1.29, 1.82) is 0 Å². The Morgan fingerprint density at radius 1 is 1.31 bits per heavy atom. The van der Waals surface area contributed by atoms with E-state index in [4.69, 9.17) is 10.5 Å². The Kier molecular flexibility index (Phi) is 3.93. The van der Waals surface area contributed by atoms with Gasteiger partial charge in [0.1, 0.15) is 0 Å². The van der Waals surface area contributed by atoms with Crippen molar-refractivity contribution in [3.8, 4) is 0 Å². The fourth-order valence-electron chi connectivity index (χ4n) is 0.991. The van der Waals surface area contributed by atoms with Gasteiger partial charge >= 0.3 is 0 Å². The van der Waals surface area contributed by atoms with E-state index in [0.29, 0.717) is 13.2 Å². The molecule has 1 aromatic rings. The second-order valence-electron chi connectivity index (χ2n) is 3.34. The van der Waals surface area contributed by atoms with Crippen LogP contribution in [0.1, 0.15) is 18.1 Å². The van der Waals surface area contributed by atoms with Crippen LogP contribution < -0.4 is 5.73 Å². The highest BCUT2D eigenvalue weighted by Crippen LogP contribution is 2.05. The van der Waals surface area contributed by atoms with Crippen molar-refractivity contribution in [1.82, 2.24) is 0 Å². The van der Waals surface area contributed by atoms with Gasteiger partial charge < -0.3 is 10.5 Å². The SMILES string of the molecule is Cc1ccc(COC(C)CN)cc1. The van der Waals surface area contributed by atoms with E-state index in [0.717, 1.165) is 0 Å². The molecule has 1 atom stereocenters. The molecule has 1 aromatic carbocycles. The summed E-state index contributed by atoms with van der Waals surface area (Å²) >= 11 is 0. The zero-order chi connectivity index (χ0) is 9.68. The van der Waals surface area contributed by atoms with E-state index >= 15 is 0 Å². The van der Waals surface area contributed by atoms with Crippen molar-refractivity contribution >= 4 is 0 Å². The summed E-state index contributed by atoms with van der Waals surface area (Å²) in [5, 5.41) is 0. The van der Waals surface area contributed by atoms with Gasteiger partial charge in [-0.3, -0.25) is 0 Å². The predicted octanol–water partition coefficient (Wildman–Crippen LogP) is 1.86. The summed E-state index contributed by atoms with van der Waals surface area (Å²) < 4.78 is 5.49. The minimum absolute atomic E-state index is 0.140. The number of nitrogens with two attached hydrogens (primary N) is 1. The Balaban J connectivity index is 2.41. The van der Waals surface area contributed by atoms with Gasteiger partial charge in [0.05, 0.1) is 12.7 Å². The quantitative estimate of drug-likeness (QED) is 0.765. The molecule has 0 radical (unpaired) electrons. The lowest BCUT2D eigenvalue weighted by Crippen LogP contribution is -2.19. The third kappa shape index (κ3) is 3.57. The molecule has 0 bridgehead atoms. The Morgan fingerprint density at radius 3 is 2.46 bits per heavy atom. The molecule has 2 N–H and O–H groups in total. The molecule has 2 nitrogen and oxygen atoms in total. The fourth-order valence-corrected chi connectivity index (χ4v) is 0.991. The summed E-state index contributed by atoms with van der Waals surface area (Å²) in [4.78, 5) is 0. The molecule has 0 aliphatic rings. The van der Waals surface area contributed by atoms with Gasteiger partial charge in [-0.2, -0.15) is 0 Å². The molecule has 72 valence electrons. The van der Waals surface area contributed by atoms with Crippen LogP contribution in [0.3, 0.4) is 0 Å². The molecule has 2 heteroatoms. The first-order valence-electron chi connectivity index (χ1n) is 4.59. The zero-order valence-corrected chi connectivity index (χ0v) is 8.29. The van der Waals surface area contributed by atoms with E-state index in [1.807, 2.05) is 6.92 Å². The van der Waals surface area contributed by atoms with Crippen LogP contribution in [0.4, 0.5) is 0 Å². The van der Waals surface area contributed by atoms with Gasteiger partial charge in [-0.1, -0.05) is 29.8 Å². The van der Waals surface area contributed by atoms with Crippen molar-refractivity contribution < 1.29 is 4.74 Å². The number of hydrogen-bond acceptors (Lipinski definition) is 2. The van der Waals surface area contributed by atoms with Crippen LogP contribution >= 0.6 is 0 Å². The van der Waals surface area contributed by atoms with Crippen molar-refractivity contribution in [2.24, 2.45) is 5.73 Å². The van der Waals surface area contributed by atoms with Gasteiger partial charge in [0.15, 0.2) is 0 Å². The van der Waals surface area contributed by atoms with Crippen LogP contribution in [0.2, 0.25) is 0 Å². The summed E-state index contributed by atoms with van der Waals surface area (Å²) in [5.74, 6) is 0. The van der Waals surface area contributed by atoms with Crippen molar-refractivity contribution in [2.45, 2.75) is 26.6 Å². The van der Waals surface area contributed by atoms with Crippen LogP contribution in [-0.4, -0.2) is 12.6 Å². The second-order valence-corrected chi connectivity index (χ2v) is 3.34. The summed E-state index contributed by atoms with van der Waals surface area (Å²) in [6, 6.07) is 8.34. The summed E-state index contributed by atoms with van der Waals surface area (Å²) in [6.45, 7) is 5.28. The van der Waals surface area contributed by atoms with E-state index in [9.17, 15) is 0 Å². The third-order valence-electron chi connectivity index (χ3n) is 1.99. The number of hydrogen-bond donors (Lipinski definition) is 1. The monoisotopic (exact) mass is 179 g/mol. The van der Waals surface area contributed by atoms with Crippen molar-refractivity contribution in [3.05, 3.63) is 35.4 Å². The molecule has 1 rings (SSSR count). The standard InChI is InChI=1S/C11H17NO/c1-9-3-5-11(6-4-9)8-13-10(2)7-12/h3-6,10H,7-8,12H2,1-2H3. The molecule has 0 aliphatic heterocycles. The lowest BCUT2D eigenvalue weighted by molar-refractivity contribution is 0.0590. The van der Waals surface area contributed by atoms with E-state index in [2.05, 4.69) is 31.2 Å². The van der Waals surface area contributed by atoms with Gasteiger partial charge in [-0.25, -0.2) is 0 Å². The molecule has 1 unspecified atom stereocenters. The van der Waals surface area contributed by atoms with Gasteiger partial charge in [-0.05, 0) is 19.4 Å². The molecule has 0 heterocycles. The van der Waals surface area contributed by atoms with E-state index in [1.54, 1.807) is 0 Å².